The van der Waals surface area contributed by atoms with Gasteiger partial charge in [-0.15, -0.1) is 0 Å². The van der Waals surface area contributed by atoms with Crippen molar-refractivity contribution in [2.24, 2.45) is 0 Å². The highest BCUT2D eigenvalue weighted by molar-refractivity contribution is 6.67. The van der Waals surface area contributed by atoms with E-state index in [-0.39, 0.29) is 25.1 Å². The number of hydrogen-bond donors (Lipinski definition) is 1. The van der Waals surface area contributed by atoms with Crippen molar-refractivity contribution in [1.82, 2.24) is 9.80 Å². The first kappa shape index (κ1) is 23.7. The average Bonchev–Trinajstić information content (AvgIpc) is 2.89. The number of carbonyl (C=O) groups is 2. The zero-order valence-electron chi connectivity index (χ0n) is 18.1. The lowest BCUT2D eigenvalue weighted by Crippen LogP contribution is -2.72. The molecular formula is C22H27Cl3N2O5. The Labute approximate surface area is 202 Å². The maximum absolute atomic E-state index is 12.7. The minimum atomic E-state index is -1.69. The van der Waals surface area contributed by atoms with Gasteiger partial charge in [0.05, 0.1) is 18.8 Å². The summed E-state index contributed by atoms with van der Waals surface area (Å²) in [5, 5.41) is 12.3. The molecule has 2 aliphatic heterocycles. The van der Waals surface area contributed by atoms with Gasteiger partial charge in [0, 0.05) is 32.0 Å². The van der Waals surface area contributed by atoms with Crippen LogP contribution in [0.2, 0.25) is 0 Å². The van der Waals surface area contributed by atoms with Gasteiger partial charge in [0.2, 0.25) is 9.70 Å². The number of alkyl halides is 3. The molecule has 2 amide bonds. The van der Waals surface area contributed by atoms with E-state index in [4.69, 9.17) is 44.3 Å². The van der Waals surface area contributed by atoms with Crippen LogP contribution in [0.15, 0.2) is 18.2 Å². The summed E-state index contributed by atoms with van der Waals surface area (Å²) in [4.78, 5) is 28.4. The molecule has 2 heterocycles. The van der Waals surface area contributed by atoms with Crippen LogP contribution in [0.1, 0.15) is 37.3 Å². The molecule has 0 aromatic heterocycles. The molecule has 2 saturated heterocycles. The summed E-state index contributed by atoms with van der Waals surface area (Å²) in [6, 6.07) is 5.55. The molecule has 1 aromatic carbocycles. The first-order valence-electron chi connectivity index (χ1n) is 10.7. The van der Waals surface area contributed by atoms with Gasteiger partial charge in [-0.05, 0) is 48.9 Å². The highest BCUT2D eigenvalue weighted by Gasteiger charge is 2.63. The molecule has 7 nitrogen and oxygen atoms in total. The van der Waals surface area contributed by atoms with Gasteiger partial charge >= 0.3 is 6.09 Å². The van der Waals surface area contributed by atoms with Crippen LogP contribution >= 0.6 is 34.8 Å². The van der Waals surface area contributed by atoms with Crippen molar-refractivity contribution in [3.63, 3.8) is 0 Å². The average molecular weight is 506 g/mol. The molecule has 1 N–H and O–H groups in total. The van der Waals surface area contributed by atoms with E-state index in [0.29, 0.717) is 38.8 Å². The highest BCUT2D eigenvalue weighted by atomic mass is 35.6. The summed E-state index contributed by atoms with van der Waals surface area (Å²) < 4.78 is 8.97. The summed E-state index contributed by atoms with van der Waals surface area (Å²) >= 11 is 17.2. The van der Waals surface area contributed by atoms with Crippen LogP contribution in [0.25, 0.3) is 0 Å². The van der Waals surface area contributed by atoms with E-state index in [2.05, 4.69) is 0 Å². The molecule has 3 atom stereocenters. The molecule has 2 fully saturated rings. The Morgan fingerprint density at radius 1 is 1.19 bits per heavy atom. The fourth-order valence-electron chi connectivity index (χ4n) is 5.84. The molecule has 176 valence electrons. The highest BCUT2D eigenvalue weighted by Crippen LogP contribution is 2.56. The largest absolute Gasteiger partial charge is 0.497 e. The molecule has 32 heavy (non-hydrogen) atoms. The van der Waals surface area contributed by atoms with Gasteiger partial charge in [-0.2, -0.15) is 0 Å². The molecule has 1 aromatic rings. The van der Waals surface area contributed by atoms with Gasteiger partial charge in [-0.3, -0.25) is 4.79 Å². The minimum absolute atomic E-state index is 0.0582. The zero-order chi connectivity index (χ0) is 23.3. The third-order valence-corrected chi connectivity index (χ3v) is 7.70. The molecule has 3 aliphatic rings. The number of fused-ring (bicyclic) bond motifs is 1. The Hall–Kier alpha value is -1.41. The summed E-state index contributed by atoms with van der Waals surface area (Å²) in [5.74, 6) is 0.660. The second-order valence-electron chi connectivity index (χ2n) is 8.87. The minimum Gasteiger partial charge on any atom is -0.497 e. The van der Waals surface area contributed by atoms with Gasteiger partial charge in [0.15, 0.2) is 0 Å². The van der Waals surface area contributed by atoms with Crippen molar-refractivity contribution in [2.75, 3.05) is 33.4 Å². The van der Waals surface area contributed by atoms with Crippen LogP contribution in [0.5, 0.6) is 5.75 Å². The van der Waals surface area contributed by atoms with Crippen molar-refractivity contribution < 1.29 is 24.2 Å². The predicted octanol–water partition coefficient (Wildman–Crippen LogP) is 3.44. The number of ether oxygens (including phenoxy) is 2. The van der Waals surface area contributed by atoms with E-state index < -0.39 is 20.9 Å². The monoisotopic (exact) mass is 504 g/mol. The van der Waals surface area contributed by atoms with Crippen molar-refractivity contribution in [1.29, 1.82) is 0 Å². The van der Waals surface area contributed by atoms with Crippen LogP contribution in [0.4, 0.5) is 4.79 Å². The van der Waals surface area contributed by atoms with E-state index in [1.807, 2.05) is 18.2 Å². The molecule has 0 unspecified atom stereocenters. The van der Waals surface area contributed by atoms with E-state index in [0.717, 1.165) is 16.9 Å². The van der Waals surface area contributed by atoms with Crippen LogP contribution in [0, 0.1) is 0 Å². The molecule has 0 saturated carbocycles. The second kappa shape index (κ2) is 8.42. The number of amides is 2. The molecule has 4 rings (SSSR count). The normalized spacial score (nSPS) is 29.5. The number of halogens is 3. The number of hydrogen-bond acceptors (Lipinski definition) is 5. The molecular weight excluding hydrogens is 479 g/mol. The summed E-state index contributed by atoms with van der Waals surface area (Å²) in [6.07, 6.45) is 1.39. The Kier molecular flexibility index (Phi) is 6.25. The van der Waals surface area contributed by atoms with Crippen LogP contribution in [0.3, 0.4) is 0 Å². The Bertz CT molecular complexity index is 923. The summed E-state index contributed by atoms with van der Waals surface area (Å²) in [6.45, 7) is 2.39. The lowest BCUT2D eigenvalue weighted by atomic mass is 9.52. The van der Waals surface area contributed by atoms with E-state index in [1.54, 1.807) is 16.9 Å². The van der Waals surface area contributed by atoms with Crippen molar-refractivity contribution in [3.8, 4) is 5.75 Å². The fraction of sp³-hybridized carbons (Fsp3) is 0.636. The quantitative estimate of drug-likeness (QED) is 0.623. The van der Waals surface area contributed by atoms with E-state index in [1.165, 1.54) is 6.92 Å². The molecule has 10 heteroatoms. The third-order valence-electron chi connectivity index (χ3n) is 7.37. The van der Waals surface area contributed by atoms with Crippen LogP contribution < -0.4 is 4.74 Å². The van der Waals surface area contributed by atoms with Gasteiger partial charge in [0.1, 0.15) is 12.4 Å². The van der Waals surface area contributed by atoms with Crippen LogP contribution in [-0.2, 0) is 21.4 Å². The summed E-state index contributed by atoms with van der Waals surface area (Å²) in [5.41, 5.74) is 0.324. The number of aliphatic hydroxyl groups is 1. The third kappa shape index (κ3) is 3.91. The van der Waals surface area contributed by atoms with E-state index in [9.17, 15) is 14.7 Å². The number of nitrogens with zero attached hydrogens (tertiary/aromatic N) is 2. The predicted molar refractivity (Wildman–Crippen MR) is 122 cm³/mol. The maximum atomic E-state index is 12.7. The lowest BCUT2D eigenvalue weighted by molar-refractivity contribution is -0.166. The standard InChI is InChI=1S/C22H27Cl3N2O5/c1-14(28)27-10-6-20-5-8-26(19(29)32-13-22(23,24)25)9-7-21(20,30)18(27)11-15-3-4-16(31-2)12-17(15)20/h3-4,12,18,30H,5-11,13H2,1-2H3/t18-,20+,21-/m1/s1. The van der Waals surface area contributed by atoms with E-state index >= 15 is 0 Å². The number of piperidine rings is 1. The number of methoxy groups -OCH3 is 1. The van der Waals surface area contributed by atoms with Gasteiger partial charge < -0.3 is 24.4 Å². The fourth-order valence-corrected chi connectivity index (χ4v) is 6.00. The lowest BCUT2D eigenvalue weighted by Gasteiger charge is -2.61. The van der Waals surface area contributed by atoms with Crippen molar-refractivity contribution in [2.45, 2.75) is 53.5 Å². The SMILES string of the molecule is COc1ccc2c(c1)[C@@]13CCN(C(=O)OCC(Cl)(Cl)Cl)CC[C@@]1(O)[C@@H](C2)N(C(C)=O)CC3. The maximum Gasteiger partial charge on any atom is 0.409 e. The van der Waals surface area contributed by atoms with Gasteiger partial charge in [0.25, 0.3) is 0 Å². The smallest absolute Gasteiger partial charge is 0.409 e. The number of rotatable bonds is 2. The van der Waals surface area contributed by atoms with Gasteiger partial charge in [-0.25, -0.2) is 4.79 Å². The van der Waals surface area contributed by atoms with Crippen molar-refractivity contribution in [3.05, 3.63) is 29.3 Å². The second-order valence-corrected chi connectivity index (χ2v) is 11.4. The molecule has 0 spiro atoms. The number of carbonyl (C=O) groups excluding carboxylic acids is 2. The number of benzene rings is 1. The Morgan fingerprint density at radius 2 is 1.88 bits per heavy atom. The zero-order valence-corrected chi connectivity index (χ0v) is 20.3. The molecule has 2 bridgehead atoms. The van der Waals surface area contributed by atoms with Crippen molar-refractivity contribution >= 4 is 46.8 Å². The topological polar surface area (TPSA) is 79.3 Å². The first-order chi connectivity index (χ1) is 15.0. The number of likely N-dealkylation sites (tertiary alicyclic amines) is 2. The first-order valence-corrected chi connectivity index (χ1v) is 11.8. The Morgan fingerprint density at radius 3 is 2.53 bits per heavy atom. The van der Waals surface area contributed by atoms with Crippen LogP contribution in [-0.4, -0.2) is 75.7 Å². The Balaban J connectivity index is 1.72. The molecule has 0 radical (unpaired) electrons. The van der Waals surface area contributed by atoms with Gasteiger partial charge in [-0.1, -0.05) is 40.9 Å². The summed E-state index contributed by atoms with van der Waals surface area (Å²) in [7, 11) is 1.62. The molecule has 1 aliphatic carbocycles.